The van der Waals surface area contributed by atoms with Gasteiger partial charge >= 0.3 is 6.18 Å². The van der Waals surface area contributed by atoms with Crippen LogP contribution >= 0.6 is 11.6 Å². The molecule has 2 aromatic heterocycles. The summed E-state index contributed by atoms with van der Waals surface area (Å²) in [5.41, 5.74) is -1.61. The summed E-state index contributed by atoms with van der Waals surface area (Å²) < 4.78 is 69.4. The van der Waals surface area contributed by atoms with Gasteiger partial charge in [0.15, 0.2) is 11.0 Å². The van der Waals surface area contributed by atoms with E-state index >= 15 is 0 Å². The van der Waals surface area contributed by atoms with Gasteiger partial charge in [0.1, 0.15) is 16.8 Å². The van der Waals surface area contributed by atoms with Gasteiger partial charge in [0, 0.05) is 23.1 Å². The summed E-state index contributed by atoms with van der Waals surface area (Å²) in [7, 11) is 0. The Bertz CT molecular complexity index is 1160. The van der Waals surface area contributed by atoms with Crippen LogP contribution in [0, 0.1) is 0 Å². The fourth-order valence-electron chi connectivity index (χ4n) is 3.32. The number of nitrogens with one attached hydrogen (secondary N) is 1. The maximum absolute atomic E-state index is 13.5. The molecule has 5 nitrogen and oxygen atoms in total. The van der Waals surface area contributed by atoms with Crippen LogP contribution in [-0.4, -0.2) is 22.6 Å². The molecule has 0 atom stereocenters. The number of hydrogen-bond donors (Lipinski definition) is 1. The van der Waals surface area contributed by atoms with Gasteiger partial charge in [-0.25, -0.2) is 4.98 Å². The molecule has 1 aromatic carbocycles. The number of hydrogen-bond acceptors (Lipinski definition) is 4. The zero-order valence-electron chi connectivity index (χ0n) is 16.3. The van der Waals surface area contributed by atoms with E-state index in [0.717, 1.165) is 6.07 Å². The molecule has 1 N–H and O–H groups in total. The number of fused-ring (bicyclic) bond motifs is 3. The van der Waals surface area contributed by atoms with Crippen molar-refractivity contribution in [1.29, 1.82) is 0 Å². The van der Waals surface area contributed by atoms with Crippen LogP contribution in [0.1, 0.15) is 34.5 Å². The van der Waals surface area contributed by atoms with Crippen molar-refractivity contribution in [2.45, 2.75) is 24.9 Å². The molecule has 1 saturated heterocycles. The Morgan fingerprint density at radius 2 is 2.12 bits per heavy atom. The SMILES string of the molecule is [2H]C([2H])([2H])n1c(C(F)(F)F)nc2c(Cl)cc3c(=O)cc(C4CCNCC4)oc3c21. The molecule has 1 fully saturated rings. The number of aromatic nitrogens is 2. The number of imidazole rings is 1. The van der Waals surface area contributed by atoms with Gasteiger partial charge in [-0.1, -0.05) is 11.6 Å². The topological polar surface area (TPSA) is 60.1 Å². The summed E-state index contributed by atoms with van der Waals surface area (Å²) in [6, 6.07) is 2.45. The van der Waals surface area contributed by atoms with Gasteiger partial charge in [-0.3, -0.25) is 4.79 Å². The lowest BCUT2D eigenvalue weighted by Gasteiger charge is -2.21. The van der Waals surface area contributed by atoms with Crippen LogP contribution in [0.4, 0.5) is 13.2 Å². The molecule has 3 aromatic rings. The second-order valence-corrected chi connectivity index (χ2v) is 6.65. The normalized spacial score (nSPS) is 18.8. The Kier molecular flexibility index (Phi) is 3.24. The van der Waals surface area contributed by atoms with Gasteiger partial charge in [-0.15, -0.1) is 0 Å². The zero-order chi connectivity index (χ0) is 21.1. The summed E-state index contributed by atoms with van der Waals surface area (Å²) in [6.45, 7) is -1.82. The monoisotopic (exact) mass is 388 g/mol. The Morgan fingerprint density at radius 3 is 2.77 bits per heavy atom. The molecule has 0 saturated carbocycles. The molecule has 0 amide bonds. The largest absolute Gasteiger partial charge is 0.458 e. The van der Waals surface area contributed by atoms with Crippen molar-refractivity contribution in [3.8, 4) is 0 Å². The van der Waals surface area contributed by atoms with Crippen LogP contribution < -0.4 is 10.7 Å². The van der Waals surface area contributed by atoms with Gasteiger partial charge in [-0.2, -0.15) is 13.2 Å². The first kappa shape index (κ1) is 14.1. The van der Waals surface area contributed by atoms with E-state index in [1.54, 1.807) is 0 Å². The number of rotatable bonds is 1. The molecule has 3 heterocycles. The van der Waals surface area contributed by atoms with E-state index in [4.69, 9.17) is 20.1 Å². The van der Waals surface area contributed by atoms with E-state index in [1.165, 1.54) is 6.07 Å². The average molecular weight is 389 g/mol. The Morgan fingerprint density at radius 1 is 1.38 bits per heavy atom. The Hall–Kier alpha value is -2.06. The van der Waals surface area contributed by atoms with Crippen LogP contribution in [0.25, 0.3) is 22.0 Å². The van der Waals surface area contributed by atoms with Crippen LogP contribution in [0.5, 0.6) is 0 Å². The van der Waals surface area contributed by atoms with E-state index in [1.807, 2.05) is 0 Å². The molecule has 0 aliphatic carbocycles. The zero-order valence-corrected chi connectivity index (χ0v) is 14.0. The summed E-state index contributed by atoms with van der Waals surface area (Å²) >= 11 is 6.07. The third-order valence-electron chi connectivity index (χ3n) is 4.59. The molecule has 26 heavy (non-hydrogen) atoms. The molecule has 0 bridgehead atoms. The molecular weight excluding hydrogens is 371 g/mol. The standard InChI is InChI=1S/C17H15ClF3N3O2/c1-24-14-13(23-16(24)17(19,20)21)10(18)6-9-11(25)7-12(26-15(9)14)8-2-4-22-5-3-8/h6-8,22H,2-5H2,1H3/i1D3. The first-order chi connectivity index (χ1) is 13.5. The second kappa shape index (κ2) is 5.99. The predicted octanol–water partition coefficient (Wildman–Crippen LogP) is 3.82. The lowest BCUT2D eigenvalue weighted by Crippen LogP contribution is -2.27. The molecule has 0 radical (unpaired) electrons. The number of alkyl halides is 3. The average Bonchev–Trinajstić information content (AvgIpc) is 3.06. The molecule has 1 aliphatic heterocycles. The van der Waals surface area contributed by atoms with E-state index in [9.17, 15) is 18.0 Å². The van der Waals surface area contributed by atoms with Gasteiger partial charge in [0.25, 0.3) is 0 Å². The van der Waals surface area contributed by atoms with Gasteiger partial charge in [-0.05, 0) is 32.0 Å². The molecule has 1 aliphatic rings. The highest BCUT2D eigenvalue weighted by Crippen LogP contribution is 2.37. The van der Waals surface area contributed by atoms with E-state index in [-0.39, 0.29) is 32.0 Å². The van der Waals surface area contributed by atoms with Crippen LogP contribution in [-0.2, 0) is 13.2 Å². The second-order valence-electron chi connectivity index (χ2n) is 6.24. The predicted molar refractivity (Wildman–Crippen MR) is 91.6 cm³/mol. The fraction of sp³-hybridized carbons (Fsp3) is 0.412. The number of piperidine rings is 1. The molecule has 9 heteroatoms. The Labute approximate surface area is 155 Å². The number of benzene rings is 1. The van der Waals surface area contributed by atoms with E-state index in [2.05, 4.69) is 10.3 Å². The first-order valence-corrected chi connectivity index (χ1v) is 8.33. The van der Waals surface area contributed by atoms with E-state index < -0.39 is 29.9 Å². The maximum Gasteiger partial charge on any atom is 0.449 e. The van der Waals surface area contributed by atoms with Gasteiger partial charge in [0.2, 0.25) is 5.82 Å². The number of nitrogens with zero attached hydrogens (tertiary/aromatic N) is 2. The molecule has 4 rings (SSSR count). The number of halogens is 4. The third kappa shape index (κ3) is 2.68. The van der Waals surface area contributed by atoms with Gasteiger partial charge < -0.3 is 14.3 Å². The smallest absolute Gasteiger partial charge is 0.449 e. The summed E-state index contributed by atoms with van der Waals surface area (Å²) in [6.07, 6.45) is -3.69. The van der Waals surface area contributed by atoms with Crippen molar-refractivity contribution < 1.29 is 21.7 Å². The van der Waals surface area contributed by atoms with Crippen LogP contribution in [0.2, 0.25) is 5.02 Å². The van der Waals surface area contributed by atoms with Crippen molar-refractivity contribution >= 4 is 33.6 Å². The molecule has 138 valence electrons. The molecule has 0 spiro atoms. The highest BCUT2D eigenvalue weighted by atomic mass is 35.5. The van der Waals surface area contributed by atoms with Crippen molar-refractivity contribution in [2.24, 2.45) is 6.98 Å². The fourth-order valence-corrected chi connectivity index (χ4v) is 3.56. The summed E-state index contributed by atoms with van der Waals surface area (Å²) in [4.78, 5) is 16.1. The van der Waals surface area contributed by atoms with Crippen molar-refractivity contribution in [3.05, 3.63) is 39.0 Å². The van der Waals surface area contributed by atoms with E-state index in [0.29, 0.717) is 31.7 Å². The van der Waals surface area contributed by atoms with Crippen molar-refractivity contribution in [2.75, 3.05) is 13.1 Å². The maximum atomic E-state index is 13.5. The minimum absolute atomic E-state index is 0.0751. The highest BCUT2D eigenvalue weighted by Gasteiger charge is 2.38. The van der Waals surface area contributed by atoms with Crippen LogP contribution in [0.15, 0.2) is 21.3 Å². The third-order valence-corrected chi connectivity index (χ3v) is 4.88. The lowest BCUT2D eigenvalue weighted by atomic mass is 9.95. The molecule has 0 unspecified atom stereocenters. The highest BCUT2D eigenvalue weighted by molar-refractivity contribution is 6.36. The summed E-state index contributed by atoms with van der Waals surface area (Å²) in [5.74, 6) is -1.43. The van der Waals surface area contributed by atoms with Crippen molar-refractivity contribution in [1.82, 2.24) is 14.9 Å². The minimum Gasteiger partial charge on any atom is -0.458 e. The number of aryl methyl sites for hydroxylation is 1. The summed E-state index contributed by atoms with van der Waals surface area (Å²) in [5, 5.41) is 2.81. The molecular formula is C17H15ClF3N3O2. The van der Waals surface area contributed by atoms with Gasteiger partial charge in [0.05, 0.1) is 10.4 Å². The first-order valence-electron chi connectivity index (χ1n) is 9.45. The minimum atomic E-state index is -5.05. The quantitative estimate of drug-likeness (QED) is 0.688. The Balaban J connectivity index is 2.14. The lowest BCUT2D eigenvalue weighted by molar-refractivity contribution is -0.146. The van der Waals surface area contributed by atoms with Crippen LogP contribution in [0.3, 0.4) is 0 Å². The van der Waals surface area contributed by atoms with Crippen molar-refractivity contribution in [3.63, 3.8) is 0 Å².